The molecule has 8 nitrogen and oxygen atoms in total. The molecule has 9 heteroatoms. The van der Waals surface area contributed by atoms with E-state index in [1.54, 1.807) is 37.8 Å². The summed E-state index contributed by atoms with van der Waals surface area (Å²) in [6.07, 6.45) is 5.20. The lowest BCUT2D eigenvalue weighted by atomic mass is 9.94. The highest BCUT2D eigenvalue weighted by Crippen LogP contribution is 2.41. The third-order valence-electron chi connectivity index (χ3n) is 6.54. The molecular formula is C26H39N3O5S. The van der Waals surface area contributed by atoms with Crippen molar-refractivity contribution >= 4 is 30.5 Å². The van der Waals surface area contributed by atoms with Crippen LogP contribution in [-0.2, 0) is 14.3 Å². The number of phenols is 1. The Labute approximate surface area is 213 Å². The van der Waals surface area contributed by atoms with Crippen molar-refractivity contribution < 1.29 is 24.2 Å². The summed E-state index contributed by atoms with van der Waals surface area (Å²) in [4.78, 5) is 41.6. The number of alkyl carbamates (subject to hydrolysis) is 1. The fourth-order valence-corrected chi connectivity index (χ4v) is 4.86. The number of nitrogens with zero attached hydrogens (tertiary/aromatic N) is 1. The molecule has 194 valence electrons. The zero-order valence-corrected chi connectivity index (χ0v) is 22.0. The lowest BCUT2D eigenvalue weighted by molar-refractivity contribution is -0.143. The molecule has 4 unspecified atom stereocenters. The molecule has 2 aliphatic rings. The van der Waals surface area contributed by atoms with Gasteiger partial charge in [-0.2, -0.15) is 12.6 Å². The maximum Gasteiger partial charge on any atom is 0.408 e. The molecule has 3 amide bonds. The van der Waals surface area contributed by atoms with Crippen LogP contribution in [-0.4, -0.2) is 57.4 Å². The lowest BCUT2D eigenvalue weighted by Gasteiger charge is -2.36. The quantitative estimate of drug-likeness (QED) is 0.400. The minimum Gasteiger partial charge on any atom is -0.508 e. The monoisotopic (exact) mass is 505 g/mol. The number of carbonyl (C=O) groups is 3. The van der Waals surface area contributed by atoms with Gasteiger partial charge in [0.25, 0.3) is 0 Å². The van der Waals surface area contributed by atoms with E-state index in [1.807, 2.05) is 6.92 Å². The van der Waals surface area contributed by atoms with E-state index in [-0.39, 0.29) is 41.3 Å². The average molecular weight is 506 g/mol. The molecule has 4 atom stereocenters. The fourth-order valence-electron chi connectivity index (χ4n) is 4.61. The van der Waals surface area contributed by atoms with E-state index < -0.39 is 23.8 Å². The average Bonchev–Trinajstić information content (AvgIpc) is 3.51. The smallest absolute Gasteiger partial charge is 0.408 e. The summed E-state index contributed by atoms with van der Waals surface area (Å²) >= 11 is 4.32. The van der Waals surface area contributed by atoms with E-state index in [1.165, 1.54) is 12.1 Å². The van der Waals surface area contributed by atoms with Crippen molar-refractivity contribution in [2.24, 2.45) is 5.92 Å². The van der Waals surface area contributed by atoms with E-state index in [2.05, 4.69) is 23.3 Å². The maximum atomic E-state index is 13.9. The van der Waals surface area contributed by atoms with Gasteiger partial charge in [0.15, 0.2) is 0 Å². The molecule has 0 aromatic heterocycles. The van der Waals surface area contributed by atoms with Crippen LogP contribution in [0.3, 0.4) is 0 Å². The summed E-state index contributed by atoms with van der Waals surface area (Å²) in [6.45, 7) is 7.28. The number of benzene rings is 1. The van der Waals surface area contributed by atoms with Crippen molar-refractivity contribution in [1.82, 2.24) is 15.5 Å². The second-order valence-corrected chi connectivity index (χ2v) is 11.1. The molecule has 3 rings (SSSR count). The molecule has 2 aliphatic carbocycles. The zero-order chi connectivity index (χ0) is 25.8. The van der Waals surface area contributed by atoms with Crippen molar-refractivity contribution in [3.8, 4) is 5.75 Å². The van der Waals surface area contributed by atoms with Crippen LogP contribution in [0.15, 0.2) is 24.3 Å². The summed E-state index contributed by atoms with van der Waals surface area (Å²) in [5.74, 6) is -0.259. The van der Waals surface area contributed by atoms with Crippen LogP contribution in [0.4, 0.5) is 4.79 Å². The van der Waals surface area contributed by atoms with Crippen LogP contribution in [0.2, 0.25) is 0 Å². The van der Waals surface area contributed by atoms with Gasteiger partial charge in [0.2, 0.25) is 11.8 Å². The van der Waals surface area contributed by atoms with Gasteiger partial charge in [0, 0.05) is 17.8 Å². The molecular weight excluding hydrogens is 466 g/mol. The lowest BCUT2D eigenvalue weighted by Crippen LogP contribution is -2.55. The van der Waals surface area contributed by atoms with Crippen LogP contribution < -0.4 is 10.6 Å². The first-order chi connectivity index (χ1) is 16.5. The summed E-state index contributed by atoms with van der Waals surface area (Å²) in [6, 6.07) is 4.47. The normalized spacial score (nSPS) is 22.0. The number of hydrogen-bond acceptors (Lipinski definition) is 6. The van der Waals surface area contributed by atoms with Gasteiger partial charge in [0.05, 0.1) is 0 Å². The fraction of sp³-hybridized carbons (Fsp3) is 0.654. The molecule has 0 aliphatic heterocycles. The Bertz CT molecular complexity index is 895. The molecule has 0 bridgehead atoms. The Morgan fingerprint density at radius 1 is 1.14 bits per heavy atom. The summed E-state index contributed by atoms with van der Waals surface area (Å²) in [5, 5.41) is 15.6. The van der Waals surface area contributed by atoms with Gasteiger partial charge in [-0.15, -0.1) is 0 Å². The number of phenolic OH excluding ortho intramolecular Hbond substituents is 1. The molecule has 35 heavy (non-hydrogen) atoms. The van der Waals surface area contributed by atoms with Gasteiger partial charge in [0.1, 0.15) is 23.4 Å². The largest absolute Gasteiger partial charge is 0.508 e. The van der Waals surface area contributed by atoms with Crippen LogP contribution in [0.5, 0.6) is 5.75 Å². The SMILES string of the molecule is CC1CC1N(C(=O)C(CS)NC(=O)OC(C)(C)C)C(C(=O)NC1CCCCC1)c1ccc(O)cc1. The first-order valence-electron chi connectivity index (χ1n) is 12.5. The highest BCUT2D eigenvalue weighted by atomic mass is 32.1. The van der Waals surface area contributed by atoms with E-state index in [9.17, 15) is 19.5 Å². The Hall–Kier alpha value is -2.42. The number of amides is 3. The number of nitrogens with one attached hydrogen (secondary N) is 2. The number of aromatic hydroxyl groups is 1. The third kappa shape index (κ3) is 7.53. The second-order valence-electron chi connectivity index (χ2n) is 10.7. The third-order valence-corrected chi connectivity index (χ3v) is 6.90. The molecule has 0 saturated heterocycles. The number of carbonyl (C=O) groups excluding carboxylic acids is 3. The summed E-state index contributed by atoms with van der Waals surface area (Å²) < 4.78 is 5.34. The minimum atomic E-state index is -0.955. The first-order valence-corrected chi connectivity index (χ1v) is 13.1. The van der Waals surface area contributed by atoms with Gasteiger partial charge >= 0.3 is 6.09 Å². The van der Waals surface area contributed by atoms with Crippen molar-refractivity contribution in [2.75, 3.05) is 5.75 Å². The Morgan fingerprint density at radius 3 is 2.26 bits per heavy atom. The number of rotatable bonds is 8. The van der Waals surface area contributed by atoms with Gasteiger partial charge < -0.3 is 25.4 Å². The molecule has 1 aromatic rings. The number of thiol groups is 1. The molecule has 0 spiro atoms. The second kappa shape index (κ2) is 11.5. The van der Waals surface area contributed by atoms with E-state index in [0.717, 1.165) is 38.5 Å². The zero-order valence-electron chi connectivity index (χ0n) is 21.1. The van der Waals surface area contributed by atoms with Gasteiger partial charge in [-0.3, -0.25) is 9.59 Å². The first kappa shape index (κ1) is 27.2. The molecule has 1 aromatic carbocycles. The highest BCUT2D eigenvalue weighted by molar-refractivity contribution is 7.80. The molecule has 3 N–H and O–H groups in total. The Morgan fingerprint density at radius 2 is 1.74 bits per heavy atom. The maximum absolute atomic E-state index is 13.9. The van der Waals surface area contributed by atoms with E-state index in [4.69, 9.17) is 4.74 Å². The van der Waals surface area contributed by atoms with Crippen LogP contribution in [0.1, 0.15) is 77.8 Å². The topological polar surface area (TPSA) is 108 Å². The van der Waals surface area contributed by atoms with Crippen molar-refractivity contribution in [3.05, 3.63) is 29.8 Å². The minimum absolute atomic E-state index is 0.0578. The van der Waals surface area contributed by atoms with E-state index in [0.29, 0.717) is 5.56 Å². The standard InChI is InChI=1S/C26H39N3O5S/c1-16-14-21(16)29(24(32)20(15-35)28-25(33)34-26(2,3)4)22(17-10-12-19(30)13-11-17)23(31)27-18-8-6-5-7-9-18/h10-13,16,18,20-22,30,35H,5-9,14-15H2,1-4H3,(H,27,31)(H,28,33). The van der Waals surface area contributed by atoms with Crippen LogP contribution >= 0.6 is 12.6 Å². The number of hydrogen-bond donors (Lipinski definition) is 4. The molecule has 0 heterocycles. The van der Waals surface area contributed by atoms with Gasteiger partial charge in [-0.1, -0.05) is 38.3 Å². The predicted molar refractivity (Wildman–Crippen MR) is 137 cm³/mol. The highest BCUT2D eigenvalue weighted by Gasteiger charge is 2.48. The Kier molecular flexibility index (Phi) is 8.96. The van der Waals surface area contributed by atoms with Gasteiger partial charge in [-0.25, -0.2) is 4.79 Å². The summed E-state index contributed by atoms with van der Waals surface area (Å²) in [7, 11) is 0. The molecule has 2 fully saturated rings. The molecule has 2 saturated carbocycles. The number of ether oxygens (including phenoxy) is 1. The summed E-state index contributed by atoms with van der Waals surface area (Å²) in [5.41, 5.74) is -0.105. The van der Waals surface area contributed by atoms with Crippen molar-refractivity contribution in [1.29, 1.82) is 0 Å². The Balaban J connectivity index is 1.90. The predicted octanol–water partition coefficient (Wildman–Crippen LogP) is 3.94. The van der Waals surface area contributed by atoms with Crippen molar-refractivity contribution in [3.63, 3.8) is 0 Å². The van der Waals surface area contributed by atoms with Crippen LogP contribution in [0.25, 0.3) is 0 Å². The van der Waals surface area contributed by atoms with Crippen molar-refractivity contribution in [2.45, 2.75) is 96.0 Å². The molecule has 0 radical (unpaired) electrons. The van der Waals surface area contributed by atoms with E-state index >= 15 is 0 Å². The van der Waals surface area contributed by atoms with Crippen LogP contribution in [0, 0.1) is 5.92 Å². The van der Waals surface area contributed by atoms with Gasteiger partial charge in [-0.05, 0) is 63.6 Å².